The van der Waals surface area contributed by atoms with Crippen LogP contribution in [0.15, 0.2) is 36.4 Å². The highest BCUT2D eigenvalue weighted by Gasteiger charge is 2.35. The number of carbonyl (C=O) groups is 2. The summed E-state index contributed by atoms with van der Waals surface area (Å²) in [4.78, 5) is 25.2. The summed E-state index contributed by atoms with van der Waals surface area (Å²) in [7, 11) is 0. The van der Waals surface area contributed by atoms with E-state index in [1.807, 2.05) is 58.9 Å². The molecule has 1 saturated heterocycles. The predicted molar refractivity (Wildman–Crippen MR) is 111 cm³/mol. The number of carboxylic acids is 1. The molecule has 0 spiro atoms. The summed E-state index contributed by atoms with van der Waals surface area (Å²) in [5.41, 5.74) is 3.63. The van der Waals surface area contributed by atoms with Crippen LogP contribution < -0.4 is 4.74 Å². The smallest absolute Gasteiger partial charge is 0.410 e. The van der Waals surface area contributed by atoms with Crippen molar-refractivity contribution >= 4 is 12.1 Å². The summed E-state index contributed by atoms with van der Waals surface area (Å²) in [5.74, 6) is -0.527. The summed E-state index contributed by atoms with van der Waals surface area (Å²) < 4.78 is 11.3. The third kappa shape index (κ3) is 4.88. The lowest BCUT2D eigenvalue weighted by atomic mass is 9.95. The molecule has 3 rings (SSSR count). The lowest BCUT2D eigenvalue weighted by molar-refractivity contribution is -0.0221. The maximum atomic E-state index is 12.1. The maximum Gasteiger partial charge on any atom is 0.410 e. The number of ether oxygens (including phenoxy) is 2. The number of aryl methyl sites for hydroxylation is 1. The zero-order valence-electron chi connectivity index (χ0n) is 17.5. The number of aromatic carboxylic acids is 1. The first kappa shape index (κ1) is 20.7. The molecule has 0 radical (unpaired) electrons. The van der Waals surface area contributed by atoms with Gasteiger partial charge in [0.2, 0.25) is 0 Å². The van der Waals surface area contributed by atoms with Crippen LogP contribution in [0.1, 0.15) is 42.3 Å². The molecule has 1 amide bonds. The summed E-state index contributed by atoms with van der Waals surface area (Å²) >= 11 is 0. The van der Waals surface area contributed by atoms with E-state index in [0.717, 1.165) is 22.3 Å². The van der Waals surface area contributed by atoms with Crippen molar-refractivity contribution in [3.8, 4) is 16.9 Å². The number of benzene rings is 2. The Morgan fingerprint density at radius 1 is 1.10 bits per heavy atom. The van der Waals surface area contributed by atoms with Gasteiger partial charge in [-0.05, 0) is 75.1 Å². The largest absolute Gasteiger partial charge is 0.487 e. The van der Waals surface area contributed by atoms with Gasteiger partial charge in [-0.15, -0.1) is 0 Å². The van der Waals surface area contributed by atoms with Gasteiger partial charge in [0.15, 0.2) is 0 Å². The van der Waals surface area contributed by atoms with E-state index in [4.69, 9.17) is 9.47 Å². The Balaban J connectivity index is 1.77. The summed E-state index contributed by atoms with van der Waals surface area (Å²) in [5, 5.41) is 9.51. The highest BCUT2D eigenvalue weighted by atomic mass is 16.6. The highest BCUT2D eigenvalue weighted by molar-refractivity contribution is 5.90. The van der Waals surface area contributed by atoms with Gasteiger partial charge in [0.25, 0.3) is 0 Å². The Hall–Kier alpha value is -3.02. The Morgan fingerprint density at radius 2 is 1.79 bits per heavy atom. The van der Waals surface area contributed by atoms with Gasteiger partial charge in [0.1, 0.15) is 17.5 Å². The van der Waals surface area contributed by atoms with Crippen LogP contribution in [0.3, 0.4) is 0 Å². The molecule has 1 aliphatic rings. The van der Waals surface area contributed by atoms with Crippen LogP contribution >= 0.6 is 0 Å². The Labute approximate surface area is 171 Å². The normalized spacial score (nSPS) is 14.3. The lowest BCUT2D eigenvalue weighted by Crippen LogP contribution is -2.57. The average Bonchev–Trinajstić information content (AvgIpc) is 2.58. The minimum atomic E-state index is -1.01. The molecule has 0 aliphatic carbocycles. The zero-order chi connectivity index (χ0) is 21.3. The highest BCUT2D eigenvalue weighted by Crippen LogP contribution is 2.31. The molecular formula is C23H27NO5. The van der Waals surface area contributed by atoms with Crippen LogP contribution in [0.2, 0.25) is 0 Å². The second-order valence-corrected chi connectivity index (χ2v) is 8.42. The number of rotatable bonds is 4. The first-order chi connectivity index (χ1) is 13.5. The van der Waals surface area contributed by atoms with E-state index in [1.54, 1.807) is 11.0 Å². The van der Waals surface area contributed by atoms with Crippen molar-refractivity contribution in [3.05, 3.63) is 53.1 Å². The van der Waals surface area contributed by atoms with Crippen molar-refractivity contribution in [1.29, 1.82) is 0 Å². The van der Waals surface area contributed by atoms with Gasteiger partial charge in [-0.3, -0.25) is 0 Å². The fourth-order valence-corrected chi connectivity index (χ4v) is 3.19. The predicted octanol–water partition coefficient (Wildman–Crippen LogP) is 4.67. The number of carboxylic acid groups (broad SMARTS) is 1. The number of hydrogen-bond donors (Lipinski definition) is 1. The molecule has 1 aliphatic heterocycles. The van der Waals surface area contributed by atoms with E-state index in [9.17, 15) is 14.7 Å². The van der Waals surface area contributed by atoms with E-state index in [-0.39, 0.29) is 17.8 Å². The van der Waals surface area contributed by atoms with Gasteiger partial charge >= 0.3 is 12.1 Å². The quantitative estimate of drug-likeness (QED) is 0.812. The van der Waals surface area contributed by atoms with Crippen LogP contribution in [0, 0.1) is 13.8 Å². The lowest BCUT2D eigenvalue weighted by Gasteiger charge is -2.39. The fraction of sp³-hybridized carbons (Fsp3) is 0.391. The van der Waals surface area contributed by atoms with Gasteiger partial charge in [0, 0.05) is 0 Å². The minimum absolute atomic E-state index is 0.168. The molecule has 0 unspecified atom stereocenters. The topological polar surface area (TPSA) is 76.1 Å². The molecule has 154 valence electrons. The Morgan fingerprint density at radius 3 is 2.41 bits per heavy atom. The molecule has 0 saturated carbocycles. The van der Waals surface area contributed by atoms with Gasteiger partial charge < -0.3 is 19.5 Å². The molecule has 6 nitrogen and oxygen atoms in total. The van der Waals surface area contributed by atoms with E-state index in [0.29, 0.717) is 18.8 Å². The van der Waals surface area contributed by atoms with Crippen LogP contribution in [0.25, 0.3) is 11.1 Å². The molecule has 0 aromatic heterocycles. The molecule has 1 N–H and O–H groups in total. The molecule has 2 aromatic rings. The van der Waals surface area contributed by atoms with Gasteiger partial charge in [-0.2, -0.15) is 0 Å². The monoisotopic (exact) mass is 397 g/mol. The number of hydrogen-bond acceptors (Lipinski definition) is 4. The molecule has 2 aromatic carbocycles. The first-order valence-corrected chi connectivity index (χ1v) is 9.63. The van der Waals surface area contributed by atoms with E-state index >= 15 is 0 Å². The van der Waals surface area contributed by atoms with Gasteiger partial charge in [-0.1, -0.05) is 18.2 Å². The average molecular weight is 397 g/mol. The third-order valence-electron chi connectivity index (χ3n) is 4.87. The van der Waals surface area contributed by atoms with E-state index in [1.165, 1.54) is 6.07 Å². The van der Waals surface area contributed by atoms with Gasteiger partial charge in [-0.25, -0.2) is 9.59 Å². The molecule has 1 fully saturated rings. The molecule has 1 heterocycles. The minimum Gasteiger partial charge on any atom is -0.487 e. The maximum absolute atomic E-state index is 12.1. The molecule has 29 heavy (non-hydrogen) atoms. The summed E-state index contributed by atoms with van der Waals surface area (Å²) in [6, 6.07) is 11.0. The molecule has 6 heteroatoms. The first-order valence-electron chi connectivity index (χ1n) is 9.63. The number of amides is 1. The van der Waals surface area contributed by atoms with E-state index in [2.05, 4.69) is 0 Å². The number of likely N-dealkylation sites (tertiary alicyclic amines) is 1. The Kier molecular flexibility index (Phi) is 5.55. The number of nitrogens with zero attached hydrogens (tertiary/aromatic N) is 1. The van der Waals surface area contributed by atoms with Crippen molar-refractivity contribution in [2.24, 2.45) is 0 Å². The number of carbonyl (C=O) groups excluding carboxylic acids is 1. The van der Waals surface area contributed by atoms with E-state index < -0.39 is 11.6 Å². The molecule has 0 bridgehead atoms. The SMILES string of the molecule is Cc1cccc(-c2cc(OC3CN(C(=O)OC(C)(C)C)C3)cc(C(=O)O)c2)c1C. The van der Waals surface area contributed by atoms with Crippen LogP contribution in [-0.2, 0) is 4.74 Å². The van der Waals surface area contributed by atoms with Crippen LogP contribution in [0.4, 0.5) is 4.79 Å². The third-order valence-corrected chi connectivity index (χ3v) is 4.87. The van der Waals surface area contributed by atoms with Crippen molar-refractivity contribution in [1.82, 2.24) is 4.90 Å². The van der Waals surface area contributed by atoms with Crippen molar-refractivity contribution < 1.29 is 24.2 Å². The Bertz CT molecular complexity index is 939. The van der Waals surface area contributed by atoms with Crippen molar-refractivity contribution in [2.45, 2.75) is 46.3 Å². The second-order valence-electron chi connectivity index (χ2n) is 8.42. The van der Waals surface area contributed by atoms with Crippen LogP contribution in [-0.4, -0.2) is 46.9 Å². The second kappa shape index (κ2) is 7.78. The fourth-order valence-electron chi connectivity index (χ4n) is 3.19. The summed E-state index contributed by atoms with van der Waals surface area (Å²) in [6.45, 7) is 10.3. The molecular weight excluding hydrogens is 370 g/mol. The van der Waals surface area contributed by atoms with Crippen LogP contribution in [0.5, 0.6) is 5.75 Å². The standard InChI is InChI=1S/C23H27NO5/c1-14-7-6-8-20(15(14)2)16-9-17(21(25)26)11-18(10-16)28-19-12-24(13-19)22(27)29-23(3,4)5/h6-11,19H,12-13H2,1-5H3,(H,25,26). The molecule has 0 atom stereocenters. The van der Waals surface area contributed by atoms with Crippen molar-refractivity contribution in [2.75, 3.05) is 13.1 Å². The summed E-state index contributed by atoms with van der Waals surface area (Å²) in [6.07, 6.45) is -0.564. The van der Waals surface area contributed by atoms with Crippen molar-refractivity contribution in [3.63, 3.8) is 0 Å². The zero-order valence-corrected chi connectivity index (χ0v) is 17.5. The van der Waals surface area contributed by atoms with Gasteiger partial charge in [0.05, 0.1) is 18.7 Å².